The zero-order valence-electron chi connectivity index (χ0n) is 31.0. The lowest BCUT2D eigenvalue weighted by atomic mass is 9.94. The highest BCUT2D eigenvalue weighted by molar-refractivity contribution is 6.38. The van der Waals surface area contributed by atoms with Gasteiger partial charge in [0.05, 0.1) is 17.2 Å². The second-order valence-corrected chi connectivity index (χ2v) is 14.9. The maximum Gasteiger partial charge on any atom is 0.220 e. The third-order valence-corrected chi connectivity index (χ3v) is 10.7. The number of aliphatic hydroxyl groups is 1. The number of hydrogen-bond acceptors (Lipinski definition) is 9. The van der Waals surface area contributed by atoms with Crippen molar-refractivity contribution in [1.29, 1.82) is 10.7 Å². The van der Waals surface area contributed by atoms with Crippen LogP contribution in [0.3, 0.4) is 0 Å². The van der Waals surface area contributed by atoms with Gasteiger partial charge in [0.2, 0.25) is 5.91 Å². The van der Waals surface area contributed by atoms with E-state index in [1.54, 1.807) is 18.3 Å². The minimum atomic E-state index is -0.321. The van der Waals surface area contributed by atoms with E-state index >= 15 is 0 Å². The predicted molar refractivity (Wildman–Crippen MR) is 228 cm³/mol. The van der Waals surface area contributed by atoms with Crippen LogP contribution in [-0.4, -0.2) is 47.4 Å². The van der Waals surface area contributed by atoms with E-state index < -0.39 is 0 Å². The fourth-order valence-corrected chi connectivity index (χ4v) is 7.41. The van der Waals surface area contributed by atoms with Crippen LogP contribution < -0.4 is 26.0 Å². The number of nitrogens with one attached hydrogen (secondary N) is 5. The third kappa shape index (κ3) is 10.6. The quantitative estimate of drug-likeness (QED) is 0.0380. The van der Waals surface area contributed by atoms with Crippen LogP contribution in [0.5, 0.6) is 5.75 Å². The molecule has 6 N–H and O–H groups in total. The molecule has 1 aliphatic heterocycles. The Kier molecular flexibility index (Phi) is 14.3. The average Bonchev–Trinajstić information content (AvgIpc) is 3.65. The number of benzene rings is 4. The Hall–Kier alpha value is -5.25. The molecule has 10 nitrogen and oxygen atoms in total. The first-order valence-corrected chi connectivity index (χ1v) is 19.5. The topological polar surface area (TPSA) is 155 Å². The molecule has 0 aliphatic carbocycles. The Balaban J connectivity index is 1.22. The van der Waals surface area contributed by atoms with E-state index in [0.29, 0.717) is 75.8 Å². The van der Waals surface area contributed by atoms with E-state index in [2.05, 4.69) is 38.9 Å². The van der Waals surface area contributed by atoms with Crippen LogP contribution in [0.4, 0.5) is 5.69 Å². The number of pyridine rings is 1. The van der Waals surface area contributed by atoms with Gasteiger partial charge in [-0.15, -0.1) is 6.58 Å². The number of carbonyl (C=O) groups excluding carboxylic acids is 1. The Morgan fingerprint density at radius 1 is 1.00 bits per heavy atom. The monoisotopic (exact) mass is 821 g/mol. The van der Waals surface area contributed by atoms with Crippen molar-refractivity contribution in [2.75, 3.05) is 18.5 Å². The summed E-state index contributed by atoms with van der Waals surface area (Å²) in [6.45, 7) is 5.86. The number of carbonyl (C=O) groups is 1. The summed E-state index contributed by atoms with van der Waals surface area (Å²) in [5.41, 5.74) is 8.17. The lowest BCUT2D eigenvalue weighted by molar-refractivity contribution is -0.119. The van der Waals surface area contributed by atoms with E-state index in [0.717, 1.165) is 45.4 Å². The number of rotatable bonds is 18. The molecule has 2 heterocycles. The van der Waals surface area contributed by atoms with Gasteiger partial charge < -0.3 is 36.5 Å². The van der Waals surface area contributed by atoms with Gasteiger partial charge in [-0.05, 0) is 65.1 Å². The maximum absolute atomic E-state index is 11.5. The van der Waals surface area contributed by atoms with E-state index in [1.165, 1.54) is 12.4 Å². The van der Waals surface area contributed by atoms with Crippen molar-refractivity contribution in [2.45, 2.75) is 51.2 Å². The molecule has 1 amide bonds. The average molecular weight is 823 g/mol. The van der Waals surface area contributed by atoms with Crippen molar-refractivity contribution in [3.05, 3.63) is 146 Å². The SMILES string of the molecule is C=CC(CO)NCc1cc(Cl)c(CNc2cccc(-c3cc(Cl)cc(-c4ccc(CNCC5CCC(=O)N5)cc4)c3Cl)c2C=N)cc1OCc1cncc(C#N)c1. The number of anilines is 1. The molecule has 0 spiro atoms. The molecule has 1 fully saturated rings. The predicted octanol–water partition coefficient (Wildman–Crippen LogP) is 8.44. The second-order valence-electron chi connectivity index (χ2n) is 13.6. The largest absolute Gasteiger partial charge is 0.489 e. The highest BCUT2D eigenvalue weighted by Crippen LogP contribution is 2.41. The van der Waals surface area contributed by atoms with Crippen LogP contribution in [0.2, 0.25) is 15.1 Å². The Morgan fingerprint density at radius 3 is 2.53 bits per heavy atom. The number of nitriles is 1. The van der Waals surface area contributed by atoms with Gasteiger partial charge in [0.15, 0.2) is 0 Å². The molecule has 13 heteroatoms. The van der Waals surface area contributed by atoms with Gasteiger partial charge in [-0.3, -0.25) is 9.78 Å². The first-order valence-electron chi connectivity index (χ1n) is 18.4. The highest BCUT2D eigenvalue weighted by atomic mass is 35.5. The molecule has 0 bridgehead atoms. The smallest absolute Gasteiger partial charge is 0.220 e. The fourth-order valence-electron chi connectivity index (χ4n) is 6.62. The summed E-state index contributed by atoms with van der Waals surface area (Å²) in [4.78, 5) is 15.6. The zero-order chi connectivity index (χ0) is 40.3. The second kappa shape index (κ2) is 19.7. The molecular formula is C44H42Cl3N7O3. The molecule has 4 aromatic carbocycles. The minimum absolute atomic E-state index is 0.106. The summed E-state index contributed by atoms with van der Waals surface area (Å²) in [6.07, 6.45) is 7.49. The molecule has 2 atom stereocenters. The lowest BCUT2D eigenvalue weighted by Gasteiger charge is -2.19. The van der Waals surface area contributed by atoms with Crippen molar-refractivity contribution in [2.24, 2.45) is 0 Å². The summed E-state index contributed by atoms with van der Waals surface area (Å²) in [5, 5.41) is 42.1. The van der Waals surface area contributed by atoms with Crippen molar-refractivity contribution in [3.8, 4) is 34.1 Å². The number of aromatic nitrogens is 1. The summed E-state index contributed by atoms with van der Waals surface area (Å²) in [7, 11) is 0. The van der Waals surface area contributed by atoms with Gasteiger partial charge in [-0.1, -0.05) is 77.3 Å². The first-order chi connectivity index (χ1) is 27.7. The Labute approximate surface area is 347 Å². The summed E-state index contributed by atoms with van der Waals surface area (Å²) in [6, 6.07) is 24.8. The van der Waals surface area contributed by atoms with Gasteiger partial charge in [-0.25, -0.2) is 0 Å². The number of hydrogen-bond donors (Lipinski definition) is 6. The zero-order valence-corrected chi connectivity index (χ0v) is 33.3. The molecule has 1 aliphatic rings. The molecule has 292 valence electrons. The molecule has 1 aromatic heterocycles. The molecule has 1 saturated heterocycles. The molecule has 57 heavy (non-hydrogen) atoms. The summed E-state index contributed by atoms with van der Waals surface area (Å²) < 4.78 is 6.27. The van der Waals surface area contributed by atoms with E-state index in [9.17, 15) is 15.2 Å². The Morgan fingerprint density at radius 2 is 1.81 bits per heavy atom. The standard InChI is InChI=1S/C44H42Cl3N7O3/c1-2-34(25-55)52-23-32-13-40(46)31(14-42(32)57-26-29-12-28(17-48)20-50-21-29)22-53-41-5-3-4-36(39(41)18-49)38-16-33(45)15-37(44(38)47)30-8-6-27(7-9-30)19-51-24-35-10-11-43(56)54-35/h2-9,12-16,18,20-21,34-35,49,51-53,55H,1,10-11,19,22-26H2,(H,54,56). The van der Waals surface area contributed by atoms with Gasteiger partial charge in [0.25, 0.3) is 0 Å². The number of aliphatic hydroxyl groups excluding tert-OH is 1. The maximum atomic E-state index is 11.5. The minimum Gasteiger partial charge on any atom is -0.489 e. The summed E-state index contributed by atoms with van der Waals surface area (Å²) in [5.74, 6) is 0.670. The highest BCUT2D eigenvalue weighted by Gasteiger charge is 2.20. The number of halogens is 3. The molecule has 5 aromatic rings. The van der Waals surface area contributed by atoms with E-state index in [-0.39, 0.29) is 31.2 Å². The molecule has 0 saturated carbocycles. The van der Waals surface area contributed by atoms with Crippen LogP contribution in [0.15, 0.2) is 97.8 Å². The van der Waals surface area contributed by atoms with Gasteiger partial charge >= 0.3 is 0 Å². The van der Waals surface area contributed by atoms with E-state index in [4.69, 9.17) is 44.9 Å². The third-order valence-electron chi connectivity index (χ3n) is 9.70. The van der Waals surface area contributed by atoms with Crippen LogP contribution in [0.1, 0.15) is 46.2 Å². The van der Waals surface area contributed by atoms with Crippen LogP contribution in [0, 0.1) is 16.7 Å². The van der Waals surface area contributed by atoms with Crippen LogP contribution >= 0.6 is 34.8 Å². The number of ether oxygens (including phenoxy) is 1. The van der Waals surface area contributed by atoms with Crippen LogP contribution in [-0.2, 0) is 31.0 Å². The Bertz CT molecular complexity index is 2300. The number of amides is 1. The molecule has 0 radical (unpaired) electrons. The van der Waals surface area contributed by atoms with Gasteiger partial charge in [-0.2, -0.15) is 5.26 Å². The van der Waals surface area contributed by atoms with Crippen molar-refractivity contribution in [1.82, 2.24) is 20.9 Å². The fraction of sp³-hybridized carbons (Fsp3) is 0.227. The van der Waals surface area contributed by atoms with E-state index in [1.807, 2.05) is 66.7 Å². The lowest BCUT2D eigenvalue weighted by Crippen LogP contribution is -2.35. The summed E-state index contributed by atoms with van der Waals surface area (Å²) >= 11 is 20.7. The molecule has 6 rings (SSSR count). The number of nitrogens with zero attached hydrogens (tertiary/aromatic N) is 2. The van der Waals surface area contributed by atoms with Crippen molar-refractivity contribution >= 4 is 52.6 Å². The molecular weight excluding hydrogens is 781 g/mol. The van der Waals surface area contributed by atoms with Gasteiger partial charge in [0.1, 0.15) is 18.4 Å². The van der Waals surface area contributed by atoms with Gasteiger partial charge in [0, 0.05) is 107 Å². The molecule has 2 unspecified atom stereocenters. The normalized spacial score (nSPS) is 14.1. The first kappa shape index (κ1) is 41.4. The van der Waals surface area contributed by atoms with Crippen molar-refractivity contribution in [3.63, 3.8) is 0 Å². The van der Waals surface area contributed by atoms with Crippen LogP contribution in [0.25, 0.3) is 22.3 Å². The van der Waals surface area contributed by atoms with Crippen molar-refractivity contribution < 1.29 is 14.6 Å².